The Labute approximate surface area is 147 Å². The molecule has 1 fully saturated rings. The van der Waals surface area contributed by atoms with Gasteiger partial charge in [0.1, 0.15) is 6.54 Å². The van der Waals surface area contributed by atoms with Gasteiger partial charge in [-0.05, 0) is 31.2 Å². The Balaban J connectivity index is 2.04. The first-order valence-corrected chi connectivity index (χ1v) is 8.22. The standard InChI is InChI=1S/C18H23N3O4/c1-13(22)16-4-6-17(7-5-16)21(15(3)24)12-18(25)20-10-8-19(9-11-20)14(2)23/h4-7H,8-12H2,1-3H3. The first-order valence-electron chi connectivity index (χ1n) is 8.22. The molecule has 0 bridgehead atoms. The second kappa shape index (κ2) is 7.92. The van der Waals surface area contributed by atoms with Crippen LogP contribution in [0.15, 0.2) is 24.3 Å². The SMILES string of the molecule is CC(=O)c1ccc(N(CC(=O)N2CCN(C(C)=O)CC2)C(C)=O)cc1. The van der Waals surface area contributed by atoms with Crippen LogP contribution < -0.4 is 4.90 Å². The van der Waals surface area contributed by atoms with E-state index in [0.717, 1.165) is 0 Å². The second-order valence-electron chi connectivity index (χ2n) is 6.10. The van der Waals surface area contributed by atoms with Crippen molar-refractivity contribution in [2.45, 2.75) is 20.8 Å². The van der Waals surface area contributed by atoms with Gasteiger partial charge in [-0.3, -0.25) is 19.2 Å². The molecule has 25 heavy (non-hydrogen) atoms. The minimum Gasteiger partial charge on any atom is -0.339 e. The van der Waals surface area contributed by atoms with E-state index in [9.17, 15) is 19.2 Å². The lowest BCUT2D eigenvalue weighted by Gasteiger charge is -2.35. The maximum Gasteiger partial charge on any atom is 0.242 e. The normalized spacial score (nSPS) is 14.2. The first kappa shape index (κ1) is 18.6. The van der Waals surface area contributed by atoms with Crippen molar-refractivity contribution in [2.75, 3.05) is 37.6 Å². The Morgan fingerprint density at radius 1 is 0.880 bits per heavy atom. The molecule has 0 aromatic heterocycles. The topological polar surface area (TPSA) is 78.0 Å². The highest BCUT2D eigenvalue weighted by atomic mass is 16.2. The number of Topliss-reactive ketones (excluding diaryl/α,β-unsaturated/α-hetero) is 1. The van der Waals surface area contributed by atoms with Crippen molar-refractivity contribution in [3.05, 3.63) is 29.8 Å². The summed E-state index contributed by atoms with van der Waals surface area (Å²) in [5.74, 6) is -0.455. The van der Waals surface area contributed by atoms with Gasteiger partial charge in [-0.1, -0.05) is 0 Å². The molecule has 1 saturated heterocycles. The second-order valence-corrected chi connectivity index (χ2v) is 6.10. The number of rotatable bonds is 4. The van der Waals surface area contributed by atoms with Gasteiger partial charge < -0.3 is 14.7 Å². The van der Waals surface area contributed by atoms with E-state index >= 15 is 0 Å². The van der Waals surface area contributed by atoms with E-state index < -0.39 is 0 Å². The zero-order valence-electron chi connectivity index (χ0n) is 14.8. The van der Waals surface area contributed by atoms with Crippen LogP contribution in [0.2, 0.25) is 0 Å². The van der Waals surface area contributed by atoms with E-state index in [1.165, 1.54) is 25.7 Å². The summed E-state index contributed by atoms with van der Waals surface area (Å²) < 4.78 is 0. The average molecular weight is 345 g/mol. The lowest BCUT2D eigenvalue weighted by Crippen LogP contribution is -2.52. The lowest BCUT2D eigenvalue weighted by molar-refractivity contribution is -0.137. The van der Waals surface area contributed by atoms with E-state index in [2.05, 4.69) is 0 Å². The summed E-state index contributed by atoms with van der Waals surface area (Å²) in [5.41, 5.74) is 1.13. The molecule has 0 atom stereocenters. The van der Waals surface area contributed by atoms with Gasteiger partial charge in [-0.25, -0.2) is 0 Å². The molecule has 0 aliphatic carbocycles. The van der Waals surface area contributed by atoms with Crippen LogP contribution in [0.25, 0.3) is 0 Å². The summed E-state index contributed by atoms with van der Waals surface area (Å²) in [4.78, 5) is 51.9. The molecular weight excluding hydrogens is 322 g/mol. The Kier molecular flexibility index (Phi) is 5.90. The molecule has 2 rings (SSSR count). The fourth-order valence-corrected chi connectivity index (χ4v) is 2.77. The van der Waals surface area contributed by atoms with Crippen LogP contribution in [0.4, 0.5) is 5.69 Å². The summed E-state index contributed by atoms with van der Waals surface area (Å²) in [7, 11) is 0. The zero-order chi connectivity index (χ0) is 18.6. The Morgan fingerprint density at radius 3 is 1.84 bits per heavy atom. The van der Waals surface area contributed by atoms with Crippen molar-refractivity contribution in [3.63, 3.8) is 0 Å². The molecule has 0 unspecified atom stereocenters. The largest absolute Gasteiger partial charge is 0.339 e. The molecule has 1 aliphatic rings. The molecule has 1 heterocycles. The van der Waals surface area contributed by atoms with Crippen molar-refractivity contribution in [1.29, 1.82) is 0 Å². The van der Waals surface area contributed by atoms with Crippen LogP contribution in [0.1, 0.15) is 31.1 Å². The van der Waals surface area contributed by atoms with Crippen LogP contribution in [0.5, 0.6) is 0 Å². The third-order valence-corrected chi connectivity index (χ3v) is 4.34. The zero-order valence-corrected chi connectivity index (χ0v) is 14.8. The minimum atomic E-state index is -0.244. The molecule has 134 valence electrons. The minimum absolute atomic E-state index is 0.00280. The fourth-order valence-electron chi connectivity index (χ4n) is 2.77. The Morgan fingerprint density at radius 2 is 1.40 bits per heavy atom. The highest BCUT2D eigenvalue weighted by Crippen LogP contribution is 2.16. The van der Waals surface area contributed by atoms with Gasteiger partial charge >= 0.3 is 0 Å². The van der Waals surface area contributed by atoms with Gasteiger partial charge in [-0.2, -0.15) is 0 Å². The number of carbonyl (C=O) groups excluding carboxylic acids is 4. The number of hydrogen-bond acceptors (Lipinski definition) is 4. The molecule has 1 aromatic rings. The molecular formula is C18H23N3O4. The smallest absolute Gasteiger partial charge is 0.242 e. The molecule has 0 N–H and O–H groups in total. The quantitative estimate of drug-likeness (QED) is 0.761. The molecule has 0 spiro atoms. The molecule has 3 amide bonds. The van der Waals surface area contributed by atoms with Gasteiger partial charge in [0, 0.05) is 51.3 Å². The van der Waals surface area contributed by atoms with Crippen molar-refractivity contribution in [2.24, 2.45) is 0 Å². The monoisotopic (exact) mass is 345 g/mol. The summed E-state index contributed by atoms with van der Waals surface area (Å²) in [6, 6.07) is 6.62. The summed E-state index contributed by atoms with van der Waals surface area (Å²) in [6.07, 6.45) is 0. The van der Waals surface area contributed by atoms with E-state index in [-0.39, 0.29) is 30.0 Å². The number of hydrogen-bond donors (Lipinski definition) is 0. The Hall–Kier alpha value is -2.70. The van der Waals surface area contributed by atoms with Crippen molar-refractivity contribution in [3.8, 4) is 0 Å². The predicted molar refractivity (Wildman–Crippen MR) is 93.3 cm³/mol. The van der Waals surface area contributed by atoms with Gasteiger partial charge in [0.2, 0.25) is 17.7 Å². The highest BCUT2D eigenvalue weighted by molar-refractivity contribution is 5.99. The van der Waals surface area contributed by atoms with Gasteiger partial charge in [0.25, 0.3) is 0 Å². The van der Waals surface area contributed by atoms with Gasteiger partial charge in [0.15, 0.2) is 5.78 Å². The van der Waals surface area contributed by atoms with Crippen LogP contribution in [0.3, 0.4) is 0 Å². The number of ketones is 1. The van der Waals surface area contributed by atoms with Crippen molar-refractivity contribution < 1.29 is 19.2 Å². The third-order valence-electron chi connectivity index (χ3n) is 4.34. The van der Waals surface area contributed by atoms with Crippen LogP contribution in [-0.4, -0.2) is 66.0 Å². The number of anilines is 1. The molecule has 7 nitrogen and oxygen atoms in total. The average Bonchev–Trinajstić information content (AvgIpc) is 2.59. The van der Waals surface area contributed by atoms with E-state index in [4.69, 9.17) is 0 Å². The maximum absolute atomic E-state index is 12.5. The number of nitrogens with zero attached hydrogens (tertiary/aromatic N) is 3. The van der Waals surface area contributed by atoms with Crippen molar-refractivity contribution >= 4 is 29.2 Å². The molecule has 1 aromatic carbocycles. The van der Waals surface area contributed by atoms with Crippen LogP contribution in [0, 0.1) is 0 Å². The highest BCUT2D eigenvalue weighted by Gasteiger charge is 2.25. The van der Waals surface area contributed by atoms with Crippen LogP contribution >= 0.6 is 0 Å². The third kappa shape index (κ3) is 4.65. The summed E-state index contributed by atoms with van der Waals surface area (Å²) in [6.45, 7) is 6.28. The van der Waals surface area contributed by atoms with Gasteiger partial charge in [-0.15, -0.1) is 0 Å². The fraction of sp³-hybridized carbons (Fsp3) is 0.444. The number of carbonyl (C=O) groups is 4. The van der Waals surface area contributed by atoms with Crippen LogP contribution in [-0.2, 0) is 14.4 Å². The van der Waals surface area contributed by atoms with E-state index in [1.807, 2.05) is 0 Å². The lowest BCUT2D eigenvalue weighted by atomic mass is 10.1. The molecule has 1 aliphatic heterocycles. The Bertz CT molecular complexity index is 676. The predicted octanol–water partition coefficient (Wildman–Crippen LogP) is 0.933. The molecule has 0 saturated carbocycles. The number of amides is 3. The molecule has 0 radical (unpaired) electrons. The van der Waals surface area contributed by atoms with E-state index in [0.29, 0.717) is 37.4 Å². The first-order chi connectivity index (χ1) is 11.8. The molecule has 7 heteroatoms. The summed E-state index contributed by atoms with van der Waals surface area (Å²) >= 11 is 0. The van der Waals surface area contributed by atoms with E-state index in [1.54, 1.807) is 34.1 Å². The number of piperazine rings is 1. The maximum atomic E-state index is 12.5. The summed E-state index contributed by atoms with van der Waals surface area (Å²) in [5, 5.41) is 0. The van der Waals surface area contributed by atoms with Gasteiger partial charge in [0.05, 0.1) is 0 Å². The van der Waals surface area contributed by atoms with Crippen molar-refractivity contribution in [1.82, 2.24) is 9.80 Å². The number of benzene rings is 1.